The van der Waals surface area contributed by atoms with Gasteiger partial charge in [-0.2, -0.15) is 9.84 Å². The molecule has 1 aliphatic carbocycles. The summed E-state index contributed by atoms with van der Waals surface area (Å²) in [6.45, 7) is 25.0. The molecule has 79 heavy (non-hydrogen) atoms. The van der Waals surface area contributed by atoms with Gasteiger partial charge in [0.05, 0.1) is 50.7 Å². The van der Waals surface area contributed by atoms with Gasteiger partial charge in [0.15, 0.2) is 5.71 Å². The number of ketones is 1. The Bertz CT molecular complexity index is 3190. The molecule has 2 aliphatic heterocycles. The van der Waals surface area contributed by atoms with E-state index in [1.165, 1.54) is 35.1 Å². The van der Waals surface area contributed by atoms with Crippen molar-refractivity contribution in [3.8, 4) is 28.0 Å². The van der Waals surface area contributed by atoms with Crippen LogP contribution in [0.2, 0.25) is 0 Å². The third-order valence-electron chi connectivity index (χ3n) is 17.0. The van der Waals surface area contributed by atoms with Gasteiger partial charge < -0.3 is 29.4 Å². The van der Waals surface area contributed by atoms with Crippen LogP contribution in [0, 0.1) is 23.2 Å². The van der Waals surface area contributed by atoms with Gasteiger partial charge in [-0.3, -0.25) is 4.79 Å². The molecule has 2 unspecified atom stereocenters. The topological polar surface area (TPSA) is 126 Å². The molecule has 5 aromatic rings. The Labute approximate surface area is 479 Å². The van der Waals surface area contributed by atoms with E-state index in [0.717, 1.165) is 174 Å². The minimum absolute atomic E-state index is 0.0566. The van der Waals surface area contributed by atoms with Crippen molar-refractivity contribution >= 4 is 77.8 Å². The predicted octanol–water partition coefficient (Wildman–Crippen LogP) is 17.2. The zero-order valence-electron chi connectivity index (χ0n) is 48.9. The lowest BCUT2D eigenvalue weighted by atomic mass is 9.77. The van der Waals surface area contributed by atoms with Crippen LogP contribution in [0.15, 0.2) is 94.9 Å². The minimum Gasteiger partial charge on any atom is -0.544 e. The molecular formula is C68H85N3O6S2. The number of allylic oxidation sites excluding steroid dienone is 5. The van der Waals surface area contributed by atoms with Crippen molar-refractivity contribution in [3.63, 3.8) is 0 Å². The normalized spacial score (nSPS) is 17.5. The maximum absolute atomic E-state index is 14.5. The molecule has 8 rings (SSSR count). The largest absolute Gasteiger partial charge is 0.544 e. The molecule has 420 valence electrons. The summed E-state index contributed by atoms with van der Waals surface area (Å²) < 4.78 is 18.2. The number of carboxylic acids is 1. The van der Waals surface area contributed by atoms with Crippen LogP contribution in [0.5, 0.6) is 11.5 Å². The lowest BCUT2D eigenvalue weighted by molar-refractivity contribution is -0.438. The van der Waals surface area contributed by atoms with Crippen LogP contribution in [-0.2, 0) is 20.4 Å². The number of fused-ring (bicyclic) bond motifs is 4. The predicted molar refractivity (Wildman–Crippen MR) is 328 cm³/mol. The number of ether oxygens (including phenoxy) is 2. The number of nitriles is 1. The number of hydrogen-bond donors (Lipinski definition) is 1. The first-order valence-corrected chi connectivity index (χ1v) is 31.4. The summed E-state index contributed by atoms with van der Waals surface area (Å²) in [6, 6.07) is 21.3. The maximum Gasteiger partial charge on any atom is 0.209 e. The molecule has 2 aromatic heterocycles. The van der Waals surface area contributed by atoms with Gasteiger partial charge in [-0.15, -0.1) is 22.7 Å². The molecule has 0 saturated carbocycles. The number of thiophene rings is 2. The summed E-state index contributed by atoms with van der Waals surface area (Å²) in [6.07, 6.45) is 22.8. The zero-order chi connectivity index (χ0) is 56.6. The number of nitrogens with zero attached hydrogens (tertiary/aromatic N) is 3. The fraction of sp³-hybridized carbons (Fsp3) is 0.500. The van der Waals surface area contributed by atoms with Crippen molar-refractivity contribution in [2.24, 2.45) is 11.8 Å². The zero-order valence-corrected chi connectivity index (χ0v) is 50.5. The number of anilines is 1. The molecule has 0 fully saturated rings. The van der Waals surface area contributed by atoms with Crippen LogP contribution in [0.3, 0.4) is 0 Å². The first-order valence-electron chi connectivity index (χ1n) is 29.8. The van der Waals surface area contributed by atoms with Crippen LogP contribution < -0.4 is 19.5 Å². The third kappa shape index (κ3) is 12.2. The molecule has 3 aliphatic rings. The Morgan fingerprint density at radius 1 is 0.759 bits per heavy atom. The third-order valence-corrected chi connectivity index (χ3v) is 19.3. The number of unbranched alkanes of at least 4 members (excludes halogenated alkanes) is 8. The Kier molecular flexibility index (Phi) is 19.5. The second kappa shape index (κ2) is 26.1. The molecule has 0 radical (unpaired) electrons. The van der Waals surface area contributed by atoms with Crippen LogP contribution in [0.25, 0.3) is 36.7 Å². The number of aliphatic hydroxyl groups excluding tert-OH is 1. The lowest BCUT2D eigenvalue weighted by Gasteiger charge is -2.29. The van der Waals surface area contributed by atoms with Crippen molar-refractivity contribution in [2.45, 2.75) is 183 Å². The average Bonchev–Trinajstić information content (AvgIpc) is 4.20. The van der Waals surface area contributed by atoms with Crippen molar-refractivity contribution in [2.75, 3.05) is 31.2 Å². The maximum atomic E-state index is 14.5. The van der Waals surface area contributed by atoms with Crippen molar-refractivity contribution in [3.05, 3.63) is 111 Å². The van der Waals surface area contributed by atoms with Crippen LogP contribution in [0.4, 0.5) is 11.4 Å². The molecule has 0 spiro atoms. The summed E-state index contributed by atoms with van der Waals surface area (Å²) in [4.78, 5) is 30.6. The van der Waals surface area contributed by atoms with E-state index in [0.29, 0.717) is 41.1 Å². The molecule has 2 atom stereocenters. The van der Waals surface area contributed by atoms with E-state index in [-0.39, 0.29) is 17.0 Å². The molecule has 0 amide bonds. The first-order chi connectivity index (χ1) is 38.1. The van der Waals surface area contributed by atoms with E-state index in [4.69, 9.17) is 9.47 Å². The molecule has 3 aromatic carbocycles. The Morgan fingerprint density at radius 3 is 1.99 bits per heavy atom. The smallest absolute Gasteiger partial charge is 0.209 e. The van der Waals surface area contributed by atoms with E-state index in [1.54, 1.807) is 11.3 Å². The fourth-order valence-corrected chi connectivity index (χ4v) is 14.2. The van der Waals surface area contributed by atoms with Crippen molar-refractivity contribution < 1.29 is 33.9 Å². The number of carboxylic acid groups (broad SMARTS) is 1. The van der Waals surface area contributed by atoms with Crippen molar-refractivity contribution in [1.82, 2.24) is 0 Å². The van der Waals surface area contributed by atoms with E-state index >= 15 is 0 Å². The number of carbonyl (C=O) groups is 2. The highest BCUT2D eigenvalue weighted by atomic mass is 32.1. The molecule has 9 nitrogen and oxygen atoms in total. The number of carbonyl (C=O) groups excluding carboxylic acids is 2. The Balaban J connectivity index is 1.22. The molecule has 0 saturated heterocycles. The highest BCUT2D eigenvalue weighted by Crippen LogP contribution is 2.54. The second-order valence-electron chi connectivity index (χ2n) is 23.3. The van der Waals surface area contributed by atoms with Gasteiger partial charge in [0.25, 0.3) is 0 Å². The number of rotatable bonds is 29. The summed E-state index contributed by atoms with van der Waals surface area (Å²) in [5.74, 6) is 0.636. The monoisotopic (exact) mass is 1100 g/mol. The number of aliphatic carboxylic acids is 1. The number of aliphatic hydroxyl groups is 1. The highest BCUT2D eigenvalue weighted by molar-refractivity contribution is 7.23. The molecule has 4 heterocycles. The fourth-order valence-electron chi connectivity index (χ4n) is 11.9. The van der Waals surface area contributed by atoms with E-state index in [1.807, 2.05) is 24.3 Å². The van der Waals surface area contributed by atoms with Gasteiger partial charge in [0, 0.05) is 68.0 Å². The number of para-hydroxylation sites is 1. The second-order valence-corrected chi connectivity index (χ2v) is 25.4. The molecule has 11 heteroatoms. The van der Waals surface area contributed by atoms with E-state index < -0.39 is 17.0 Å². The summed E-state index contributed by atoms with van der Waals surface area (Å²) in [7, 11) is 0. The average molecular weight is 1100 g/mol. The van der Waals surface area contributed by atoms with Gasteiger partial charge in [0.2, 0.25) is 11.5 Å². The van der Waals surface area contributed by atoms with Crippen LogP contribution >= 0.6 is 22.7 Å². The van der Waals surface area contributed by atoms with Gasteiger partial charge >= 0.3 is 0 Å². The molecular weight excluding hydrogens is 1020 g/mol. The Hall–Kier alpha value is -5.96. The summed E-state index contributed by atoms with van der Waals surface area (Å²) in [5.41, 5.74) is 7.20. The molecule has 1 N–H and O–H groups in total. The summed E-state index contributed by atoms with van der Waals surface area (Å²) >= 11 is 3.09. The summed E-state index contributed by atoms with van der Waals surface area (Å²) in [5, 5.41) is 35.5. The van der Waals surface area contributed by atoms with Gasteiger partial charge in [-0.1, -0.05) is 144 Å². The van der Waals surface area contributed by atoms with Crippen molar-refractivity contribution in [1.29, 1.82) is 5.26 Å². The standard InChI is InChI=1S/C68H85N3O6S2/c1-11-17-21-25-33-70-55-30-24-23-29-53(55)67(7,8)58(70)39-49-60(72)50(61(49)73)40-59-68(9,10)54-36-46(31-32-56(54)71(59)34-26-22-18-12-2)57-38-52-63(77-43-45(16-6)28-20-14-4)64-51(37-48(78-64)35-47(41-69)66(74)75)62(65(52)79-57)76-42-44(15-5)27-19-13-3/h23-24,29-32,35-40,44-45H,11-22,25-28,33-34,42-43H2,1-10H3,(H-,72,73,74,75)/b47-35+. The minimum atomic E-state index is -1.51. The van der Waals surface area contributed by atoms with Gasteiger partial charge in [-0.05, 0) is 105 Å². The highest BCUT2D eigenvalue weighted by Gasteiger charge is 2.48. The SMILES string of the molecule is CCCCCCN1C(=CC2=C(O)C(=CC3=[N+](CCCCCC)c4ccc(-c5cc6c(OCC(CC)CCCC)c7sc(/C=C(\C#N)C(=O)[O-])cc7c(OCC(CC)CCCC)c6s5)cc4C3(C)C)C2=O)C(C)(C)c2ccccc21. The van der Waals surface area contributed by atoms with Gasteiger partial charge in [-0.25, -0.2) is 0 Å². The number of hydrogen-bond acceptors (Lipinski definition) is 10. The van der Waals surface area contributed by atoms with E-state index in [9.17, 15) is 25.1 Å². The first kappa shape index (κ1) is 59.2. The van der Waals surface area contributed by atoms with Gasteiger partial charge in [0.1, 0.15) is 29.9 Å². The van der Waals surface area contributed by atoms with Crippen LogP contribution in [-0.4, -0.2) is 53.4 Å². The number of Topliss-reactive ketones (excluding diaryl/α,β-unsaturated/α-hetero) is 1. The molecule has 0 bridgehead atoms. The number of benzene rings is 3. The Morgan fingerprint density at radius 2 is 1.38 bits per heavy atom. The van der Waals surface area contributed by atoms with Crippen LogP contribution in [0.1, 0.15) is 188 Å². The quantitative estimate of drug-likeness (QED) is 0.0217. The van der Waals surface area contributed by atoms with E-state index in [2.05, 4.69) is 127 Å². The lowest BCUT2D eigenvalue weighted by Crippen LogP contribution is -2.32.